The van der Waals surface area contributed by atoms with Gasteiger partial charge in [0.25, 0.3) is 0 Å². The van der Waals surface area contributed by atoms with Gasteiger partial charge in [0.2, 0.25) is 0 Å². The van der Waals surface area contributed by atoms with E-state index in [1.54, 1.807) is 11.8 Å². The summed E-state index contributed by atoms with van der Waals surface area (Å²) in [6.45, 7) is 6.79. The number of para-hydroxylation sites is 1. The molecule has 3 aliphatic rings. The third kappa shape index (κ3) is 1.88. The molecular formula is C23H21N3OS. The highest BCUT2D eigenvalue weighted by Gasteiger charge is 2.60. The zero-order chi connectivity index (χ0) is 19.1. The summed E-state index contributed by atoms with van der Waals surface area (Å²) in [5.41, 5.74) is 5.15. The lowest BCUT2D eigenvalue weighted by Crippen LogP contribution is -2.72. The largest absolute Gasteiger partial charge is 0.408 e. The molecule has 0 radical (unpaired) electrons. The second-order valence-electron chi connectivity index (χ2n) is 8.38. The molecule has 2 atom stereocenters. The topological polar surface area (TPSA) is 36.9 Å². The molecule has 0 amide bonds. The standard InChI is InChI=1S/C23H21N3OS/c1-22(2)23(3)20(24-21-26(22)16-10-6-7-11-18(16)28-21)19-15-9-5-4-8-14(15)12-13-17(19)27-25-23/h4-13,20,25H,1-3H3/t20-,23-/m1/s1. The van der Waals surface area contributed by atoms with Crippen molar-refractivity contribution in [2.75, 3.05) is 4.90 Å². The summed E-state index contributed by atoms with van der Waals surface area (Å²) >= 11 is 1.76. The second kappa shape index (κ2) is 5.31. The molecule has 0 spiro atoms. The van der Waals surface area contributed by atoms with Crippen LogP contribution in [0, 0.1) is 0 Å². The number of nitrogens with zero attached hydrogens (tertiary/aromatic N) is 2. The first-order valence-corrected chi connectivity index (χ1v) is 10.4. The molecule has 0 unspecified atom stereocenters. The van der Waals surface area contributed by atoms with Crippen LogP contribution in [0.3, 0.4) is 0 Å². The molecule has 1 N–H and O–H groups in total. The number of hydrogen-bond acceptors (Lipinski definition) is 5. The minimum Gasteiger partial charge on any atom is -0.408 e. The molecule has 0 aliphatic carbocycles. The fourth-order valence-electron chi connectivity index (χ4n) is 4.75. The first-order chi connectivity index (χ1) is 13.5. The maximum atomic E-state index is 6.12. The normalized spacial score (nSPS) is 26.6. The molecule has 3 aromatic carbocycles. The van der Waals surface area contributed by atoms with Gasteiger partial charge in [0.1, 0.15) is 11.6 Å². The quantitative estimate of drug-likeness (QED) is 0.568. The van der Waals surface area contributed by atoms with E-state index < -0.39 is 5.54 Å². The lowest BCUT2D eigenvalue weighted by Gasteiger charge is -2.57. The zero-order valence-corrected chi connectivity index (χ0v) is 16.9. The van der Waals surface area contributed by atoms with Gasteiger partial charge in [0, 0.05) is 10.5 Å². The molecule has 0 saturated heterocycles. The number of anilines is 1. The van der Waals surface area contributed by atoms with Crippen LogP contribution >= 0.6 is 11.8 Å². The van der Waals surface area contributed by atoms with E-state index in [-0.39, 0.29) is 11.6 Å². The number of rotatable bonds is 0. The Bertz CT molecular complexity index is 1170. The van der Waals surface area contributed by atoms with Crippen LogP contribution in [0.1, 0.15) is 32.4 Å². The van der Waals surface area contributed by atoms with E-state index in [2.05, 4.69) is 91.8 Å². The van der Waals surface area contributed by atoms with Crippen molar-refractivity contribution < 1.29 is 4.84 Å². The Morgan fingerprint density at radius 2 is 1.79 bits per heavy atom. The van der Waals surface area contributed by atoms with Crippen LogP contribution in [0.2, 0.25) is 0 Å². The summed E-state index contributed by atoms with van der Waals surface area (Å²) in [4.78, 5) is 15.1. The lowest BCUT2D eigenvalue weighted by atomic mass is 9.70. The Morgan fingerprint density at radius 1 is 1.00 bits per heavy atom. The van der Waals surface area contributed by atoms with Crippen LogP contribution in [-0.4, -0.2) is 16.2 Å². The number of benzene rings is 3. The van der Waals surface area contributed by atoms with Crippen molar-refractivity contribution in [1.29, 1.82) is 0 Å². The van der Waals surface area contributed by atoms with Crippen LogP contribution in [0.4, 0.5) is 5.69 Å². The molecule has 28 heavy (non-hydrogen) atoms. The van der Waals surface area contributed by atoms with Gasteiger partial charge >= 0.3 is 0 Å². The van der Waals surface area contributed by atoms with Crippen molar-refractivity contribution in [1.82, 2.24) is 5.48 Å². The van der Waals surface area contributed by atoms with Crippen LogP contribution in [-0.2, 0) is 0 Å². The van der Waals surface area contributed by atoms with E-state index in [1.807, 2.05) is 0 Å². The molecule has 3 aliphatic heterocycles. The summed E-state index contributed by atoms with van der Waals surface area (Å²) in [6.07, 6.45) is 0. The van der Waals surface area contributed by atoms with Gasteiger partial charge in [-0.25, -0.2) is 0 Å². The molecule has 3 aromatic rings. The summed E-state index contributed by atoms with van der Waals surface area (Å²) in [6, 6.07) is 21.2. The average Bonchev–Trinajstić information content (AvgIpc) is 3.08. The Labute approximate surface area is 168 Å². The molecule has 0 bridgehead atoms. The second-order valence-corrected chi connectivity index (χ2v) is 9.39. The van der Waals surface area contributed by atoms with E-state index in [9.17, 15) is 0 Å². The zero-order valence-electron chi connectivity index (χ0n) is 16.1. The van der Waals surface area contributed by atoms with Gasteiger partial charge in [-0.1, -0.05) is 42.5 Å². The summed E-state index contributed by atoms with van der Waals surface area (Å²) in [5.74, 6) is 0.871. The Hall–Kier alpha value is -2.50. The molecular weight excluding hydrogens is 366 g/mol. The van der Waals surface area contributed by atoms with Gasteiger partial charge in [0.15, 0.2) is 10.9 Å². The number of amidine groups is 1. The van der Waals surface area contributed by atoms with Crippen LogP contribution in [0.15, 0.2) is 70.6 Å². The van der Waals surface area contributed by atoms with Crippen molar-refractivity contribution in [3.63, 3.8) is 0 Å². The molecule has 0 saturated carbocycles. The van der Waals surface area contributed by atoms with E-state index in [0.717, 1.165) is 10.9 Å². The molecule has 0 aromatic heterocycles. The van der Waals surface area contributed by atoms with Gasteiger partial charge in [0.05, 0.1) is 11.2 Å². The van der Waals surface area contributed by atoms with Crippen LogP contribution < -0.4 is 15.2 Å². The number of hydroxylamine groups is 1. The molecule has 6 rings (SSSR count). The van der Waals surface area contributed by atoms with Gasteiger partial charge in [-0.3, -0.25) is 4.99 Å². The third-order valence-electron chi connectivity index (χ3n) is 6.69. The average molecular weight is 388 g/mol. The number of aliphatic imine (C=N–C) groups is 1. The van der Waals surface area contributed by atoms with Crippen molar-refractivity contribution in [2.45, 2.75) is 42.8 Å². The maximum absolute atomic E-state index is 6.12. The van der Waals surface area contributed by atoms with Gasteiger partial charge in [-0.2, -0.15) is 0 Å². The monoisotopic (exact) mass is 387 g/mol. The number of hydrogen-bond donors (Lipinski definition) is 1. The Balaban J connectivity index is 1.64. The fourth-order valence-corrected chi connectivity index (χ4v) is 5.93. The lowest BCUT2D eigenvalue weighted by molar-refractivity contribution is 0.0128. The minimum atomic E-state index is -0.397. The first kappa shape index (κ1) is 16.5. The fraction of sp³-hybridized carbons (Fsp3) is 0.261. The minimum absolute atomic E-state index is 0.0367. The van der Waals surface area contributed by atoms with Crippen LogP contribution in [0.25, 0.3) is 10.8 Å². The Kier molecular flexibility index (Phi) is 3.12. The van der Waals surface area contributed by atoms with E-state index in [1.165, 1.54) is 26.9 Å². The van der Waals surface area contributed by atoms with E-state index in [0.29, 0.717) is 0 Å². The predicted molar refractivity (Wildman–Crippen MR) is 115 cm³/mol. The molecule has 140 valence electrons. The number of fused-ring (bicyclic) bond motifs is 8. The highest BCUT2D eigenvalue weighted by atomic mass is 32.2. The number of nitrogens with one attached hydrogen (secondary N) is 1. The molecule has 0 fully saturated rings. The Morgan fingerprint density at radius 3 is 2.68 bits per heavy atom. The van der Waals surface area contributed by atoms with Crippen molar-refractivity contribution in [3.8, 4) is 5.75 Å². The number of thioether (sulfide) groups is 1. The maximum Gasteiger partial charge on any atom is 0.169 e. The molecule has 4 nitrogen and oxygen atoms in total. The van der Waals surface area contributed by atoms with Crippen molar-refractivity contribution >= 4 is 33.4 Å². The van der Waals surface area contributed by atoms with Gasteiger partial charge in [-0.15, -0.1) is 5.48 Å². The first-order valence-electron chi connectivity index (χ1n) is 9.61. The van der Waals surface area contributed by atoms with Crippen molar-refractivity contribution in [2.24, 2.45) is 4.99 Å². The van der Waals surface area contributed by atoms with Gasteiger partial charge in [-0.05, 0) is 61.5 Å². The predicted octanol–water partition coefficient (Wildman–Crippen LogP) is 5.30. The highest BCUT2D eigenvalue weighted by Crippen LogP contribution is 2.56. The van der Waals surface area contributed by atoms with Crippen molar-refractivity contribution in [3.05, 3.63) is 66.2 Å². The third-order valence-corrected chi connectivity index (χ3v) is 7.73. The highest BCUT2D eigenvalue weighted by molar-refractivity contribution is 8.14. The SMILES string of the molecule is CC1(C)N2C(=N[C@@H]3c4c(ccc5ccccc45)ON[C@]31C)Sc1ccccc12. The van der Waals surface area contributed by atoms with E-state index >= 15 is 0 Å². The van der Waals surface area contributed by atoms with Gasteiger partial charge < -0.3 is 9.74 Å². The molecule has 3 heterocycles. The summed E-state index contributed by atoms with van der Waals surface area (Å²) < 4.78 is 0. The summed E-state index contributed by atoms with van der Waals surface area (Å²) in [7, 11) is 0. The molecule has 5 heteroatoms. The smallest absolute Gasteiger partial charge is 0.169 e. The van der Waals surface area contributed by atoms with Crippen LogP contribution in [0.5, 0.6) is 5.75 Å². The summed E-state index contributed by atoms with van der Waals surface area (Å²) in [5, 5.41) is 3.50. The van der Waals surface area contributed by atoms with E-state index in [4.69, 9.17) is 9.83 Å².